The first-order chi connectivity index (χ1) is 13.1. The highest BCUT2D eigenvalue weighted by Gasteiger charge is 2.19. The van der Waals surface area contributed by atoms with Gasteiger partial charge in [-0.3, -0.25) is 9.69 Å². The zero-order valence-corrected chi connectivity index (χ0v) is 17.3. The van der Waals surface area contributed by atoms with Crippen LogP contribution in [0.2, 0.25) is 5.02 Å². The molecule has 1 amide bonds. The number of hydrogen-bond donors (Lipinski definition) is 1. The first-order valence-corrected chi connectivity index (χ1v) is 10.8. The maximum absolute atomic E-state index is 12.6. The molecule has 1 aliphatic rings. The van der Waals surface area contributed by atoms with Crippen molar-refractivity contribution < 1.29 is 4.79 Å². The predicted molar refractivity (Wildman–Crippen MR) is 110 cm³/mol. The van der Waals surface area contributed by atoms with E-state index in [0.717, 1.165) is 18.7 Å². The third-order valence-electron chi connectivity index (χ3n) is 4.99. The molecule has 1 saturated heterocycles. The number of carbonyl (C=O) groups excluding carboxylic acids is 1. The van der Waals surface area contributed by atoms with E-state index < -0.39 is 0 Å². The van der Waals surface area contributed by atoms with Crippen LogP contribution in [-0.4, -0.2) is 39.6 Å². The number of benzene rings is 1. The third kappa shape index (κ3) is 5.21. The quantitative estimate of drug-likeness (QED) is 0.578. The second-order valence-electron chi connectivity index (χ2n) is 6.82. The summed E-state index contributed by atoms with van der Waals surface area (Å²) in [6.45, 7) is 4.80. The smallest absolute Gasteiger partial charge is 0.271 e. The zero-order valence-electron chi connectivity index (χ0n) is 15.7. The van der Waals surface area contributed by atoms with E-state index in [9.17, 15) is 4.79 Å². The summed E-state index contributed by atoms with van der Waals surface area (Å²) in [6, 6.07) is 8.88. The molecule has 0 aliphatic carbocycles. The second-order valence-corrected chi connectivity index (χ2v) is 8.00. The summed E-state index contributed by atoms with van der Waals surface area (Å²) in [7, 11) is 0. The average molecular weight is 405 g/mol. The highest BCUT2D eigenvalue weighted by molar-refractivity contribution is 7.98. The number of rotatable bonds is 6. The lowest BCUT2D eigenvalue weighted by Crippen LogP contribution is -2.37. The lowest BCUT2D eigenvalue weighted by Gasteiger charge is -2.33. The van der Waals surface area contributed by atoms with E-state index in [-0.39, 0.29) is 16.6 Å². The van der Waals surface area contributed by atoms with E-state index in [1.165, 1.54) is 42.8 Å². The van der Waals surface area contributed by atoms with Gasteiger partial charge in [0, 0.05) is 19.1 Å². The van der Waals surface area contributed by atoms with Crippen molar-refractivity contribution in [1.82, 2.24) is 20.2 Å². The molecule has 7 heteroatoms. The number of piperidine rings is 1. The number of amides is 1. The standard InChI is InChI=1S/C20H25ClN4OS/c1-14-7-5-6-10-25(14)13-16-9-4-3-8-15(16)11-22-19(26)18-17(21)12-23-20(24-18)27-2/h3-4,8-9,12,14H,5-7,10-11,13H2,1-2H3,(H,22,26)/t14-/m0/s1. The number of halogens is 1. The van der Waals surface area contributed by atoms with Crippen molar-refractivity contribution in [3.8, 4) is 0 Å². The molecule has 144 valence electrons. The van der Waals surface area contributed by atoms with Crippen LogP contribution in [-0.2, 0) is 13.1 Å². The fourth-order valence-corrected chi connectivity index (χ4v) is 3.88. The van der Waals surface area contributed by atoms with Crippen molar-refractivity contribution in [3.63, 3.8) is 0 Å². The fraction of sp³-hybridized carbons (Fsp3) is 0.450. The molecular weight excluding hydrogens is 380 g/mol. The molecule has 0 radical (unpaired) electrons. The number of nitrogens with zero attached hydrogens (tertiary/aromatic N) is 3. The molecule has 1 N–H and O–H groups in total. The minimum absolute atomic E-state index is 0.221. The third-order valence-corrected chi connectivity index (χ3v) is 5.83. The summed E-state index contributed by atoms with van der Waals surface area (Å²) in [5.41, 5.74) is 2.60. The van der Waals surface area contributed by atoms with Crippen LogP contribution in [0.4, 0.5) is 0 Å². The Morgan fingerprint density at radius 2 is 2.11 bits per heavy atom. The number of nitrogens with one attached hydrogen (secondary N) is 1. The molecule has 3 rings (SSSR count). The van der Waals surface area contributed by atoms with Gasteiger partial charge in [0.25, 0.3) is 5.91 Å². The Hall–Kier alpha value is -1.63. The van der Waals surface area contributed by atoms with Crippen molar-refractivity contribution in [3.05, 3.63) is 52.3 Å². The van der Waals surface area contributed by atoms with Crippen molar-refractivity contribution in [2.75, 3.05) is 12.8 Å². The molecule has 1 atom stereocenters. The molecule has 1 fully saturated rings. The van der Waals surface area contributed by atoms with Crippen LogP contribution in [0, 0.1) is 0 Å². The Bertz CT molecular complexity index is 801. The van der Waals surface area contributed by atoms with E-state index in [0.29, 0.717) is 17.7 Å². The highest BCUT2D eigenvalue weighted by atomic mass is 35.5. The second kappa shape index (κ2) is 9.53. The Morgan fingerprint density at radius 3 is 2.85 bits per heavy atom. The molecular formula is C20H25ClN4OS. The van der Waals surface area contributed by atoms with Crippen LogP contribution >= 0.6 is 23.4 Å². The van der Waals surface area contributed by atoms with Gasteiger partial charge >= 0.3 is 0 Å². The van der Waals surface area contributed by atoms with Crippen LogP contribution in [0.5, 0.6) is 0 Å². The van der Waals surface area contributed by atoms with Gasteiger partial charge in [0.1, 0.15) is 0 Å². The molecule has 2 aromatic rings. The molecule has 5 nitrogen and oxygen atoms in total. The highest BCUT2D eigenvalue weighted by Crippen LogP contribution is 2.21. The number of hydrogen-bond acceptors (Lipinski definition) is 5. The Labute approximate surface area is 169 Å². The fourth-order valence-electron chi connectivity index (χ4n) is 3.36. The Balaban J connectivity index is 1.68. The molecule has 0 bridgehead atoms. The summed E-state index contributed by atoms with van der Waals surface area (Å²) in [4.78, 5) is 23.4. The van der Waals surface area contributed by atoms with Gasteiger partial charge < -0.3 is 5.32 Å². The van der Waals surface area contributed by atoms with Gasteiger partial charge in [0.2, 0.25) is 0 Å². The molecule has 0 saturated carbocycles. The summed E-state index contributed by atoms with van der Waals surface area (Å²) in [5.74, 6) is -0.279. The lowest BCUT2D eigenvalue weighted by atomic mass is 10.0. The van der Waals surface area contributed by atoms with Gasteiger partial charge in [0.15, 0.2) is 10.9 Å². The largest absolute Gasteiger partial charge is 0.347 e. The van der Waals surface area contributed by atoms with Gasteiger partial charge in [-0.25, -0.2) is 9.97 Å². The minimum atomic E-state index is -0.279. The first kappa shape index (κ1) is 20.1. The summed E-state index contributed by atoms with van der Waals surface area (Å²) in [5, 5.41) is 3.75. The zero-order chi connectivity index (χ0) is 19.2. The molecule has 27 heavy (non-hydrogen) atoms. The number of aromatic nitrogens is 2. The molecule has 0 unspecified atom stereocenters. The number of likely N-dealkylation sites (tertiary alicyclic amines) is 1. The molecule has 1 aliphatic heterocycles. The van der Waals surface area contributed by atoms with E-state index in [1.54, 1.807) is 0 Å². The van der Waals surface area contributed by atoms with Crippen molar-refractivity contribution in [1.29, 1.82) is 0 Å². The Morgan fingerprint density at radius 1 is 1.33 bits per heavy atom. The van der Waals surface area contributed by atoms with E-state index >= 15 is 0 Å². The Kier molecular flexibility index (Phi) is 7.10. The predicted octanol–water partition coefficient (Wildman–Crippen LogP) is 4.16. The van der Waals surface area contributed by atoms with E-state index in [4.69, 9.17) is 11.6 Å². The average Bonchev–Trinajstić information content (AvgIpc) is 2.69. The SMILES string of the molecule is CSc1ncc(Cl)c(C(=O)NCc2ccccc2CN2CCCC[C@@H]2C)n1. The number of carbonyl (C=O) groups is 1. The van der Waals surface area contributed by atoms with Crippen LogP contribution in [0.1, 0.15) is 47.8 Å². The van der Waals surface area contributed by atoms with Crippen LogP contribution in [0.25, 0.3) is 0 Å². The first-order valence-electron chi connectivity index (χ1n) is 9.24. The maximum atomic E-state index is 12.6. The van der Waals surface area contributed by atoms with Crippen LogP contribution in [0.15, 0.2) is 35.6 Å². The van der Waals surface area contributed by atoms with Crippen molar-refractivity contribution >= 4 is 29.3 Å². The minimum Gasteiger partial charge on any atom is -0.347 e. The van der Waals surface area contributed by atoms with Crippen molar-refractivity contribution in [2.45, 2.75) is 50.5 Å². The van der Waals surface area contributed by atoms with Gasteiger partial charge in [-0.15, -0.1) is 0 Å². The molecule has 2 heterocycles. The topological polar surface area (TPSA) is 58.1 Å². The van der Waals surface area contributed by atoms with Gasteiger partial charge in [-0.05, 0) is 43.7 Å². The van der Waals surface area contributed by atoms with Crippen LogP contribution < -0.4 is 5.32 Å². The van der Waals surface area contributed by atoms with E-state index in [2.05, 4.69) is 45.3 Å². The monoisotopic (exact) mass is 404 g/mol. The molecule has 0 spiro atoms. The molecule has 1 aromatic heterocycles. The summed E-state index contributed by atoms with van der Waals surface area (Å²) in [6.07, 6.45) is 7.16. The van der Waals surface area contributed by atoms with Gasteiger partial charge in [0.05, 0.1) is 11.2 Å². The normalized spacial score (nSPS) is 17.7. The van der Waals surface area contributed by atoms with E-state index in [1.807, 2.05) is 12.3 Å². The van der Waals surface area contributed by atoms with Gasteiger partial charge in [-0.1, -0.05) is 54.0 Å². The lowest BCUT2D eigenvalue weighted by molar-refractivity contribution is 0.0944. The maximum Gasteiger partial charge on any atom is 0.271 e. The summed E-state index contributed by atoms with van der Waals surface area (Å²) < 4.78 is 0. The number of thioether (sulfide) groups is 1. The van der Waals surface area contributed by atoms with Crippen LogP contribution in [0.3, 0.4) is 0 Å². The summed E-state index contributed by atoms with van der Waals surface area (Å²) >= 11 is 7.48. The molecule has 1 aromatic carbocycles. The van der Waals surface area contributed by atoms with Gasteiger partial charge in [-0.2, -0.15) is 0 Å². The van der Waals surface area contributed by atoms with Crippen molar-refractivity contribution in [2.24, 2.45) is 0 Å².